The summed E-state index contributed by atoms with van der Waals surface area (Å²) in [6, 6.07) is 6.21. The molecular formula is C16H15F6N3O5. The highest BCUT2D eigenvalue weighted by Crippen LogP contribution is 2.33. The van der Waals surface area contributed by atoms with Gasteiger partial charge in [0.15, 0.2) is 0 Å². The SMILES string of the molecule is O=C(O)C(F)(F)F.O=C(O)C(F)(F)F.c1cc2c(c(-c3cn[nH]c3)c1)OCCNC2. The quantitative estimate of drug-likeness (QED) is 0.500. The maximum Gasteiger partial charge on any atom is 0.490 e. The van der Waals surface area contributed by atoms with Gasteiger partial charge in [0.05, 0.1) is 6.20 Å². The molecule has 1 aromatic heterocycles. The largest absolute Gasteiger partial charge is 0.491 e. The number of benzene rings is 1. The Morgan fingerprint density at radius 1 is 1.03 bits per heavy atom. The number of para-hydroxylation sites is 1. The predicted molar refractivity (Wildman–Crippen MR) is 88.6 cm³/mol. The summed E-state index contributed by atoms with van der Waals surface area (Å²) < 4.78 is 69.3. The molecule has 0 fully saturated rings. The van der Waals surface area contributed by atoms with Crippen LogP contribution in [0.1, 0.15) is 5.56 Å². The highest BCUT2D eigenvalue weighted by atomic mass is 19.4. The number of nitrogens with one attached hydrogen (secondary N) is 2. The molecule has 0 radical (unpaired) electrons. The van der Waals surface area contributed by atoms with Crippen molar-refractivity contribution in [2.24, 2.45) is 0 Å². The van der Waals surface area contributed by atoms with Gasteiger partial charge in [0, 0.05) is 36.0 Å². The van der Waals surface area contributed by atoms with Crippen LogP contribution in [0.5, 0.6) is 5.75 Å². The third-order valence-electron chi connectivity index (χ3n) is 3.23. The van der Waals surface area contributed by atoms with Crippen molar-refractivity contribution in [1.29, 1.82) is 0 Å². The molecule has 8 nitrogen and oxygen atoms in total. The Kier molecular flexibility index (Phi) is 8.64. The van der Waals surface area contributed by atoms with E-state index >= 15 is 0 Å². The number of aromatic nitrogens is 2. The molecule has 166 valence electrons. The van der Waals surface area contributed by atoms with Gasteiger partial charge in [0.1, 0.15) is 12.4 Å². The lowest BCUT2D eigenvalue weighted by Crippen LogP contribution is -2.21. The number of alkyl halides is 6. The number of hydrogen-bond donors (Lipinski definition) is 4. The Labute approximate surface area is 164 Å². The molecule has 1 aliphatic heterocycles. The summed E-state index contributed by atoms with van der Waals surface area (Å²) in [5, 5.41) is 24.4. The van der Waals surface area contributed by atoms with Crippen LogP contribution < -0.4 is 10.1 Å². The molecular weight excluding hydrogens is 428 g/mol. The Bertz CT molecular complexity index is 813. The first-order valence-corrected chi connectivity index (χ1v) is 7.88. The van der Waals surface area contributed by atoms with Crippen molar-refractivity contribution in [2.45, 2.75) is 18.9 Å². The summed E-state index contributed by atoms with van der Waals surface area (Å²) >= 11 is 0. The minimum absolute atomic E-state index is 0.710. The van der Waals surface area contributed by atoms with E-state index in [1.807, 2.05) is 12.4 Å². The standard InChI is InChI=1S/C12H13N3O.2C2HF3O2/c1-2-9-6-13-4-5-16-12(9)11(3-1)10-7-14-15-8-10;2*3-2(4,5)1(6)7/h1-3,7-8,13H,4-6H2,(H,14,15);2*(H,6,7). The number of hydrogen-bond acceptors (Lipinski definition) is 5. The zero-order chi connectivity index (χ0) is 22.9. The molecule has 1 aromatic carbocycles. The molecule has 4 N–H and O–H groups in total. The van der Waals surface area contributed by atoms with E-state index < -0.39 is 24.3 Å². The van der Waals surface area contributed by atoms with Crippen molar-refractivity contribution in [3.63, 3.8) is 0 Å². The number of aliphatic carboxylic acids is 2. The topological polar surface area (TPSA) is 125 Å². The van der Waals surface area contributed by atoms with E-state index in [0.717, 1.165) is 30.0 Å². The first-order valence-electron chi connectivity index (χ1n) is 7.88. The number of nitrogens with zero attached hydrogens (tertiary/aromatic N) is 1. The van der Waals surface area contributed by atoms with E-state index in [1.54, 1.807) is 0 Å². The van der Waals surface area contributed by atoms with Gasteiger partial charge in [-0.15, -0.1) is 0 Å². The van der Waals surface area contributed by atoms with Crippen LogP contribution in [0.15, 0.2) is 30.6 Å². The number of rotatable bonds is 1. The summed E-state index contributed by atoms with van der Waals surface area (Å²) in [5.41, 5.74) is 3.38. The third-order valence-corrected chi connectivity index (χ3v) is 3.23. The van der Waals surface area contributed by atoms with Crippen molar-refractivity contribution < 1.29 is 50.9 Å². The van der Waals surface area contributed by atoms with Crippen molar-refractivity contribution in [1.82, 2.24) is 15.5 Å². The average molecular weight is 443 g/mol. The second kappa shape index (κ2) is 10.5. The lowest BCUT2D eigenvalue weighted by molar-refractivity contribution is -0.193. The zero-order valence-electron chi connectivity index (χ0n) is 14.8. The zero-order valence-corrected chi connectivity index (χ0v) is 14.8. The van der Waals surface area contributed by atoms with Crippen LogP contribution in [0.4, 0.5) is 26.3 Å². The van der Waals surface area contributed by atoms with Gasteiger partial charge >= 0.3 is 24.3 Å². The van der Waals surface area contributed by atoms with E-state index in [1.165, 1.54) is 5.56 Å². The fourth-order valence-electron chi connectivity index (χ4n) is 1.97. The molecule has 1 aliphatic rings. The number of H-pyrrole nitrogens is 1. The van der Waals surface area contributed by atoms with Gasteiger partial charge in [-0.25, -0.2) is 9.59 Å². The molecule has 0 aliphatic carbocycles. The lowest BCUT2D eigenvalue weighted by atomic mass is 10.0. The van der Waals surface area contributed by atoms with E-state index in [0.29, 0.717) is 6.61 Å². The summed E-state index contributed by atoms with van der Waals surface area (Å²) in [7, 11) is 0. The number of carbonyl (C=O) groups is 2. The van der Waals surface area contributed by atoms with Gasteiger partial charge < -0.3 is 20.3 Å². The summed E-state index contributed by atoms with van der Waals surface area (Å²) in [6.07, 6.45) is -6.46. The average Bonchev–Trinajstić information content (AvgIpc) is 3.05. The summed E-state index contributed by atoms with van der Waals surface area (Å²) in [4.78, 5) is 17.8. The maximum absolute atomic E-state index is 10.6. The van der Waals surface area contributed by atoms with E-state index in [9.17, 15) is 26.3 Å². The van der Waals surface area contributed by atoms with E-state index in [-0.39, 0.29) is 0 Å². The number of halogens is 6. The van der Waals surface area contributed by atoms with Crippen LogP contribution in [0.2, 0.25) is 0 Å². The van der Waals surface area contributed by atoms with Gasteiger partial charge in [-0.2, -0.15) is 31.4 Å². The molecule has 0 saturated heterocycles. The highest BCUT2D eigenvalue weighted by molar-refractivity contribution is 5.73. The number of carboxylic acid groups (broad SMARTS) is 2. The van der Waals surface area contributed by atoms with Gasteiger partial charge in [0.2, 0.25) is 0 Å². The monoisotopic (exact) mass is 443 g/mol. The molecule has 3 rings (SSSR count). The van der Waals surface area contributed by atoms with Crippen molar-refractivity contribution in [3.05, 3.63) is 36.2 Å². The van der Waals surface area contributed by atoms with Crippen LogP contribution >= 0.6 is 0 Å². The molecule has 2 heterocycles. The van der Waals surface area contributed by atoms with Crippen LogP contribution in [-0.2, 0) is 16.1 Å². The first-order chi connectivity index (χ1) is 13.8. The predicted octanol–water partition coefficient (Wildman–Crippen LogP) is 2.83. The van der Waals surface area contributed by atoms with Crippen molar-refractivity contribution in [2.75, 3.05) is 13.2 Å². The third kappa shape index (κ3) is 7.98. The Morgan fingerprint density at radius 3 is 2.07 bits per heavy atom. The van der Waals surface area contributed by atoms with Gasteiger partial charge in [-0.1, -0.05) is 18.2 Å². The molecule has 0 atom stereocenters. The number of fused-ring (bicyclic) bond motifs is 1. The minimum Gasteiger partial charge on any atom is -0.491 e. The Balaban J connectivity index is 0.000000271. The fourth-order valence-corrected chi connectivity index (χ4v) is 1.97. The second-order valence-corrected chi connectivity index (χ2v) is 5.41. The molecule has 0 bridgehead atoms. The molecule has 0 amide bonds. The van der Waals surface area contributed by atoms with Crippen LogP contribution in [-0.4, -0.2) is 57.9 Å². The normalized spacial score (nSPS) is 13.3. The van der Waals surface area contributed by atoms with Crippen molar-refractivity contribution in [3.8, 4) is 16.9 Å². The van der Waals surface area contributed by atoms with E-state index in [2.05, 4.69) is 33.7 Å². The first kappa shape index (κ1) is 24.7. The lowest BCUT2D eigenvalue weighted by Gasteiger charge is -2.10. The van der Waals surface area contributed by atoms with Crippen LogP contribution in [0, 0.1) is 0 Å². The van der Waals surface area contributed by atoms with Gasteiger partial charge in [-0.3, -0.25) is 5.10 Å². The molecule has 2 aromatic rings. The molecule has 30 heavy (non-hydrogen) atoms. The Morgan fingerprint density at radius 2 is 1.60 bits per heavy atom. The summed E-state index contributed by atoms with van der Waals surface area (Å²) in [5.74, 6) is -4.53. The molecule has 0 unspecified atom stereocenters. The van der Waals surface area contributed by atoms with E-state index in [4.69, 9.17) is 24.5 Å². The molecule has 0 spiro atoms. The second-order valence-electron chi connectivity index (χ2n) is 5.41. The maximum atomic E-state index is 10.6. The smallest absolute Gasteiger partial charge is 0.490 e. The number of carboxylic acids is 2. The molecule has 14 heteroatoms. The minimum atomic E-state index is -5.08. The highest BCUT2D eigenvalue weighted by Gasteiger charge is 2.38. The molecule has 0 saturated carbocycles. The Hall–Kier alpha value is -3.29. The van der Waals surface area contributed by atoms with Crippen LogP contribution in [0.25, 0.3) is 11.1 Å². The summed E-state index contributed by atoms with van der Waals surface area (Å²) in [6.45, 7) is 2.46. The van der Waals surface area contributed by atoms with Crippen LogP contribution in [0.3, 0.4) is 0 Å². The fraction of sp³-hybridized carbons (Fsp3) is 0.312. The van der Waals surface area contributed by atoms with Crippen molar-refractivity contribution >= 4 is 11.9 Å². The number of ether oxygens (including phenoxy) is 1. The number of aromatic amines is 1. The van der Waals surface area contributed by atoms with Gasteiger partial charge in [-0.05, 0) is 0 Å². The van der Waals surface area contributed by atoms with Gasteiger partial charge in [0.25, 0.3) is 0 Å².